The van der Waals surface area contributed by atoms with Crippen LogP contribution in [0.5, 0.6) is 17.2 Å². The lowest BCUT2D eigenvalue weighted by atomic mass is 10.1. The molecule has 1 saturated heterocycles. The van der Waals surface area contributed by atoms with Crippen LogP contribution in [0, 0.1) is 0 Å². The maximum absolute atomic E-state index is 14.3. The summed E-state index contributed by atoms with van der Waals surface area (Å²) in [5, 5.41) is 0.222. The molecule has 12 nitrogen and oxygen atoms in total. The predicted octanol–water partition coefficient (Wildman–Crippen LogP) is 4.08. The molecule has 0 spiro atoms. The molecule has 0 amide bonds. The molecule has 14 heteroatoms. The van der Waals surface area contributed by atoms with Crippen LogP contribution in [-0.4, -0.2) is 92.8 Å². The van der Waals surface area contributed by atoms with Gasteiger partial charge in [-0.05, 0) is 52.2 Å². The Bertz CT molecular complexity index is 1800. The number of sulfonamides is 1. The van der Waals surface area contributed by atoms with Crippen molar-refractivity contribution in [1.29, 1.82) is 0 Å². The Hall–Kier alpha value is -3.56. The Morgan fingerprint density at radius 1 is 1.09 bits per heavy atom. The van der Waals surface area contributed by atoms with Crippen LogP contribution in [0.4, 0.5) is 0 Å². The van der Waals surface area contributed by atoms with Crippen LogP contribution in [0.3, 0.4) is 0 Å². The van der Waals surface area contributed by atoms with Crippen LogP contribution in [0.1, 0.15) is 18.9 Å². The van der Waals surface area contributed by atoms with Crippen LogP contribution in [-0.2, 0) is 21.3 Å². The highest BCUT2D eigenvalue weighted by Crippen LogP contribution is 2.39. The van der Waals surface area contributed by atoms with Gasteiger partial charge in [0, 0.05) is 51.2 Å². The molecule has 2 aromatic heterocycles. The van der Waals surface area contributed by atoms with E-state index in [0.717, 1.165) is 25.1 Å². The molecule has 1 aliphatic rings. The average Bonchev–Trinajstić information content (AvgIpc) is 3.06. The first kappa shape index (κ1) is 32.8. The molecule has 0 atom stereocenters. The molecule has 0 bridgehead atoms. The number of nitrogens with zero attached hydrogens (tertiary/aromatic N) is 4. The number of halogens is 1. The number of fused-ring (bicyclic) bond motifs is 1. The van der Waals surface area contributed by atoms with E-state index in [1.54, 1.807) is 30.6 Å². The van der Waals surface area contributed by atoms with Gasteiger partial charge in [-0.15, -0.1) is 0 Å². The first-order chi connectivity index (χ1) is 21.8. The summed E-state index contributed by atoms with van der Waals surface area (Å²) in [7, 11) is -1.07. The number of methoxy groups -OCH3 is 2. The topological polar surface area (TPSA) is 136 Å². The van der Waals surface area contributed by atoms with Gasteiger partial charge in [0.05, 0.1) is 54.5 Å². The molecule has 0 aliphatic carbocycles. The van der Waals surface area contributed by atoms with Crippen molar-refractivity contribution < 1.29 is 27.4 Å². The van der Waals surface area contributed by atoms with Crippen LogP contribution >= 0.6 is 15.9 Å². The van der Waals surface area contributed by atoms with Crippen molar-refractivity contribution in [2.24, 2.45) is 0 Å². The number of nitrogens with one attached hydrogen (secondary N) is 1. The highest BCUT2D eigenvalue weighted by Gasteiger charge is 2.28. The molecule has 0 radical (unpaired) electrons. The standard InChI is InChI=1S/C31H36BrN5O7S/c1-4-14-44-24-8-7-22(17-23(24)30-34-29-27(31(38)35-30)25(41-2)18-26(42-3)28(29)32)45(39,40)37(20-21-6-5-9-33-19-21)11-10-36-12-15-43-16-13-36/h5-9,17-19H,4,10-16,20H2,1-3H3,(H,34,35,38). The van der Waals surface area contributed by atoms with E-state index in [-0.39, 0.29) is 34.9 Å². The second-order valence-corrected chi connectivity index (χ2v) is 13.1. The molecular formula is C31H36BrN5O7S. The lowest BCUT2D eigenvalue weighted by molar-refractivity contribution is 0.0361. The normalized spacial score (nSPS) is 14.2. The third-order valence-corrected chi connectivity index (χ3v) is 10.1. The number of morpholine rings is 1. The maximum Gasteiger partial charge on any atom is 0.262 e. The summed E-state index contributed by atoms with van der Waals surface area (Å²) in [5.41, 5.74) is 0.920. The first-order valence-corrected chi connectivity index (χ1v) is 16.8. The quantitative estimate of drug-likeness (QED) is 0.217. The first-order valence-electron chi connectivity index (χ1n) is 14.6. The summed E-state index contributed by atoms with van der Waals surface area (Å²) in [4.78, 5) is 27.4. The van der Waals surface area contributed by atoms with Gasteiger partial charge in [-0.2, -0.15) is 4.31 Å². The summed E-state index contributed by atoms with van der Waals surface area (Å²) >= 11 is 3.51. The fraction of sp³-hybridized carbons (Fsp3) is 0.387. The molecule has 0 saturated carbocycles. The van der Waals surface area contributed by atoms with E-state index in [1.807, 2.05) is 13.0 Å². The van der Waals surface area contributed by atoms with E-state index in [1.165, 1.54) is 30.7 Å². The van der Waals surface area contributed by atoms with Gasteiger partial charge in [0.15, 0.2) is 0 Å². The third-order valence-electron chi connectivity index (χ3n) is 7.45. The predicted molar refractivity (Wildman–Crippen MR) is 173 cm³/mol. The van der Waals surface area contributed by atoms with Crippen molar-refractivity contribution in [3.05, 3.63) is 69.2 Å². The van der Waals surface area contributed by atoms with E-state index in [0.29, 0.717) is 53.4 Å². The van der Waals surface area contributed by atoms with Gasteiger partial charge >= 0.3 is 0 Å². The smallest absolute Gasteiger partial charge is 0.262 e. The molecule has 4 aromatic rings. The van der Waals surface area contributed by atoms with Crippen LogP contribution in [0.25, 0.3) is 22.3 Å². The fourth-order valence-electron chi connectivity index (χ4n) is 5.07. The molecule has 3 heterocycles. The van der Waals surface area contributed by atoms with Gasteiger partial charge in [0.25, 0.3) is 5.56 Å². The molecule has 2 aromatic carbocycles. The molecule has 240 valence electrons. The zero-order chi connectivity index (χ0) is 32.0. The van der Waals surface area contributed by atoms with Crippen molar-refractivity contribution in [2.75, 3.05) is 60.2 Å². The van der Waals surface area contributed by atoms with Crippen molar-refractivity contribution in [3.63, 3.8) is 0 Å². The van der Waals surface area contributed by atoms with Crippen LogP contribution in [0.2, 0.25) is 0 Å². The maximum atomic E-state index is 14.3. The van der Waals surface area contributed by atoms with Gasteiger partial charge in [-0.1, -0.05) is 13.0 Å². The highest BCUT2D eigenvalue weighted by molar-refractivity contribution is 9.10. The summed E-state index contributed by atoms with van der Waals surface area (Å²) in [6.45, 7) is 6.00. The minimum atomic E-state index is -4.03. The summed E-state index contributed by atoms with van der Waals surface area (Å²) in [5.74, 6) is 1.24. The van der Waals surface area contributed by atoms with Crippen molar-refractivity contribution in [2.45, 2.75) is 24.8 Å². The second kappa shape index (κ2) is 14.7. The molecule has 1 fully saturated rings. The monoisotopic (exact) mass is 701 g/mol. The minimum absolute atomic E-state index is 0.0391. The average molecular weight is 703 g/mol. The second-order valence-electron chi connectivity index (χ2n) is 10.4. The largest absolute Gasteiger partial charge is 0.496 e. The third kappa shape index (κ3) is 7.31. The van der Waals surface area contributed by atoms with Crippen LogP contribution in [0.15, 0.2) is 63.0 Å². The van der Waals surface area contributed by atoms with E-state index >= 15 is 0 Å². The van der Waals surface area contributed by atoms with Gasteiger partial charge in [-0.3, -0.25) is 14.7 Å². The summed E-state index contributed by atoms with van der Waals surface area (Å²) in [6, 6.07) is 9.86. The number of aromatic nitrogens is 3. The highest BCUT2D eigenvalue weighted by atomic mass is 79.9. The summed E-state index contributed by atoms with van der Waals surface area (Å²) < 4.78 is 52.9. The molecule has 5 rings (SSSR count). The Balaban J connectivity index is 1.61. The van der Waals surface area contributed by atoms with Gasteiger partial charge < -0.3 is 23.9 Å². The van der Waals surface area contributed by atoms with Gasteiger partial charge in [0.1, 0.15) is 28.5 Å². The van der Waals surface area contributed by atoms with Gasteiger partial charge in [-0.25, -0.2) is 13.4 Å². The Morgan fingerprint density at radius 3 is 2.56 bits per heavy atom. The lowest BCUT2D eigenvalue weighted by Gasteiger charge is -2.30. The fourth-order valence-corrected chi connectivity index (χ4v) is 7.08. The number of rotatable bonds is 13. The van der Waals surface area contributed by atoms with E-state index < -0.39 is 15.6 Å². The number of pyridine rings is 1. The number of ether oxygens (including phenoxy) is 4. The van der Waals surface area contributed by atoms with E-state index in [9.17, 15) is 13.2 Å². The zero-order valence-corrected chi connectivity index (χ0v) is 27.8. The Labute approximate surface area is 270 Å². The molecule has 45 heavy (non-hydrogen) atoms. The lowest BCUT2D eigenvalue weighted by Crippen LogP contribution is -2.42. The van der Waals surface area contributed by atoms with E-state index in [4.69, 9.17) is 23.9 Å². The van der Waals surface area contributed by atoms with Crippen molar-refractivity contribution in [3.8, 4) is 28.6 Å². The van der Waals surface area contributed by atoms with Crippen molar-refractivity contribution >= 4 is 36.9 Å². The SMILES string of the molecule is CCCOc1ccc(S(=O)(=O)N(CCN2CCOCC2)Cc2cccnc2)cc1-c1nc2c(Br)c(OC)cc(OC)c2c(=O)[nH]1. The number of hydrogen-bond acceptors (Lipinski definition) is 10. The Morgan fingerprint density at radius 2 is 1.87 bits per heavy atom. The molecule has 1 aliphatic heterocycles. The molecule has 0 unspecified atom stereocenters. The zero-order valence-electron chi connectivity index (χ0n) is 25.4. The Kier molecular flexibility index (Phi) is 10.7. The molecule has 1 N–H and O–H groups in total. The number of H-pyrrole nitrogens is 1. The molecular weight excluding hydrogens is 666 g/mol. The van der Waals surface area contributed by atoms with Crippen LogP contribution < -0.4 is 19.8 Å². The minimum Gasteiger partial charge on any atom is -0.496 e. The number of benzene rings is 2. The number of hydrogen-bond donors (Lipinski definition) is 1. The van der Waals surface area contributed by atoms with E-state index in [2.05, 4.69) is 30.8 Å². The van der Waals surface area contributed by atoms with Gasteiger partial charge in [0.2, 0.25) is 10.0 Å². The summed E-state index contributed by atoms with van der Waals surface area (Å²) in [6.07, 6.45) is 4.04. The van der Waals surface area contributed by atoms with Crippen molar-refractivity contribution in [1.82, 2.24) is 24.2 Å². The number of aromatic amines is 1.